The van der Waals surface area contributed by atoms with Gasteiger partial charge < -0.3 is 5.32 Å². The lowest BCUT2D eigenvalue weighted by molar-refractivity contribution is 0.865. The van der Waals surface area contributed by atoms with Crippen LogP contribution in [0.15, 0.2) is 53.3 Å². The first-order valence-corrected chi connectivity index (χ1v) is 7.43. The smallest absolute Gasteiger partial charge is 0.207 e. The molecule has 0 saturated carbocycles. The van der Waals surface area contributed by atoms with Gasteiger partial charge in [0.25, 0.3) is 0 Å². The van der Waals surface area contributed by atoms with Crippen LogP contribution in [-0.2, 0) is 0 Å². The molecule has 3 nitrogen and oxygen atoms in total. The molecule has 0 fully saturated rings. The fourth-order valence-corrected chi connectivity index (χ4v) is 2.80. The van der Waals surface area contributed by atoms with Crippen molar-refractivity contribution in [2.24, 2.45) is 0 Å². The standard InChI is InChI=1S/C16H16BrN3/c1-11(2)19-16-18-9-10-20(16)15-8-7-14(17)12-5-3-4-6-13(12)15/h3-11H,1-2H3,(H,18,19). The van der Waals surface area contributed by atoms with Gasteiger partial charge >= 0.3 is 0 Å². The lowest BCUT2D eigenvalue weighted by Crippen LogP contribution is -2.14. The molecule has 0 spiro atoms. The number of benzene rings is 2. The van der Waals surface area contributed by atoms with Crippen LogP contribution >= 0.6 is 15.9 Å². The van der Waals surface area contributed by atoms with Crippen LogP contribution in [0.2, 0.25) is 0 Å². The van der Waals surface area contributed by atoms with Crippen molar-refractivity contribution < 1.29 is 0 Å². The van der Waals surface area contributed by atoms with Crippen molar-refractivity contribution in [1.29, 1.82) is 0 Å². The van der Waals surface area contributed by atoms with Gasteiger partial charge in [-0.1, -0.05) is 40.2 Å². The second-order valence-electron chi connectivity index (χ2n) is 5.03. The maximum Gasteiger partial charge on any atom is 0.207 e. The maximum absolute atomic E-state index is 4.40. The van der Waals surface area contributed by atoms with Crippen LogP contribution in [0.5, 0.6) is 0 Å². The predicted octanol–water partition coefficient (Wildman–Crippen LogP) is 4.61. The third-order valence-corrected chi connectivity index (χ3v) is 3.86. The van der Waals surface area contributed by atoms with Gasteiger partial charge in [-0.15, -0.1) is 0 Å². The summed E-state index contributed by atoms with van der Waals surface area (Å²) in [5.41, 5.74) is 1.13. The molecule has 1 aromatic heterocycles. The molecule has 0 unspecified atom stereocenters. The first-order valence-electron chi connectivity index (χ1n) is 6.64. The highest BCUT2D eigenvalue weighted by atomic mass is 79.9. The van der Waals surface area contributed by atoms with Crippen LogP contribution in [0.25, 0.3) is 16.5 Å². The van der Waals surface area contributed by atoms with Gasteiger partial charge in [0.2, 0.25) is 5.95 Å². The zero-order valence-electron chi connectivity index (χ0n) is 11.5. The zero-order chi connectivity index (χ0) is 14.1. The van der Waals surface area contributed by atoms with Gasteiger partial charge in [-0.05, 0) is 31.4 Å². The van der Waals surface area contributed by atoms with E-state index in [1.807, 2.05) is 12.4 Å². The van der Waals surface area contributed by atoms with Gasteiger partial charge in [0.15, 0.2) is 0 Å². The first-order chi connectivity index (χ1) is 9.66. The minimum Gasteiger partial charge on any atom is -0.353 e. The van der Waals surface area contributed by atoms with E-state index < -0.39 is 0 Å². The summed E-state index contributed by atoms with van der Waals surface area (Å²) in [4.78, 5) is 4.40. The zero-order valence-corrected chi connectivity index (χ0v) is 13.1. The third kappa shape index (κ3) is 2.31. The number of imidazole rings is 1. The van der Waals surface area contributed by atoms with Gasteiger partial charge in [0.05, 0.1) is 5.69 Å². The second kappa shape index (κ2) is 5.29. The van der Waals surface area contributed by atoms with Crippen LogP contribution in [0, 0.1) is 0 Å². The van der Waals surface area contributed by atoms with Gasteiger partial charge in [-0.25, -0.2) is 4.98 Å². The van der Waals surface area contributed by atoms with Crippen molar-refractivity contribution in [2.75, 3.05) is 5.32 Å². The summed E-state index contributed by atoms with van der Waals surface area (Å²) in [6.45, 7) is 4.22. The molecule has 0 aliphatic carbocycles. The third-order valence-electron chi connectivity index (χ3n) is 3.17. The highest BCUT2D eigenvalue weighted by Crippen LogP contribution is 2.30. The van der Waals surface area contributed by atoms with E-state index in [9.17, 15) is 0 Å². The number of nitrogens with one attached hydrogen (secondary N) is 1. The Kier molecular flexibility index (Phi) is 3.49. The summed E-state index contributed by atoms with van der Waals surface area (Å²) in [6.07, 6.45) is 3.81. The topological polar surface area (TPSA) is 29.9 Å². The van der Waals surface area contributed by atoms with Gasteiger partial charge in [-0.2, -0.15) is 0 Å². The molecule has 1 N–H and O–H groups in total. The molecule has 0 saturated heterocycles. The van der Waals surface area contributed by atoms with E-state index in [4.69, 9.17) is 0 Å². The Balaban J connectivity index is 2.21. The van der Waals surface area contributed by atoms with Crippen molar-refractivity contribution >= 4 is 32.7 Å². The summed E-state index contributed by atoms with van der Waals surface area (Å²) in [7, 11) is 0. The van der Waals surface area contributed by atoms with Gasteiger partial charge in [-0.3, -0.25) is 4.57 Å². The normalized spacial score (nSPS) is 11.2. The highest BCUT2D eigenvalue weighted by Gasteiger charge is 2.10. The number of hydrogen-bond acceptors (Lipinski definition) is 2. The summed E-state index contributed by atoms with van der Waals surface area (Å²) >= 11 is 3.61. The quantitative estimate of drug-likeness (QED) is 0.760. The SMILES string of the molecule is CC(C)Nc1nccn1-c1ccc(Br)c2ccccc12. The number of nitrogens with zero attached hydrogens (tertiary/aromatic N) is 2. The fraction of sp³-hybridized carbons (Fsp3) is 0.188. The van der Waals surface area contributed by atoms with Crippen LogP contribution in [0.3, 0.4) is 0 Å². The van der Waals surface area contributed by atoms with Gasteiger partial charge in [0, 0.05) is 28.3 Å². The minimum atomic E-state index is 0.345. The molecule has 0 aliphatic rings. The number of rotatable bonds is 3. The highest BCUT2D eigenvalue weighted by molar-refractivity contribution is 9.10. The van der Waals surface area contributed by atoms with Crippen LogP contribution in [-0.4, -0.2) is 15.6 Å². The molecular formula is C16H16BrN3. The molecule has 20 heavy (non-hydrogen) atoms. The van der Waals surface area contributed by atoms with Crippen LogP contribution in [0.1, 0.15) is 13.8 Å². The summed E-state index contributed by atoms with van der Waals surface area (Å²) in [5.74, 6) is 0.868. The number of aromatic nitrogens is 2. The van der Waals surface area contributed by atoms with Crippen molar-refractivity contribution in [3.8, 4) is 5.69 Å². The molecule has 0 bridgehead atoms. The lowest BCUT2D eigenvalue weighted by atomic mass is 10.1. The lowest BCUT2D eigenvalue weighted by Gasteiger charge is -2.14. The summed E-state index contributed by atoms with van der Waals surface area (Å²) in [5, 5.41) is 5.77. The van der Waals surface area contributed by atoms with Crippen LogP contribution in [0.4, 0.5) is 5.95 Å². The molecule has 0 amide bonds. The Morgan fingerprint density at radius 1 is 1.10 bits per heavy atom. The second-order valence-corrected chi connectivity index (χ2v) is 5.89. The van der Waals surface area contributed by atoms with Crippen LogP contribution < -0.4 is 5.32 Å². The number of hydrogen-bond donors (Lipinski definition) is 1. The molecule has 2 aromatic carbocycles. The molecule has 1 heterocycles. The number of halogens is 1. The molecule has 102 valence electrons. The van der Waals surface area contributed by atoms with E-state index in [1.54, 1.807) is 0 Å². The largest absolute Gasteiger partial charge is 0.353 e. The van der Waals surface area contributed by atoms with Gasteiger partial charge in [0.1, 0.15) is 0 Å². The minimum absolute atomic E-state index is 0.345. The Labute approximate surface area is 126 Å². The number of anilines is 1. The molecule has 0 aliphatic heterocycles. The molecule has 3 rings (SSSR count). The Morgan fingerprint density at radius 2 is 1.85 bits per heavy atom. The summed E-state index contributed by atoms with van der Waals surface area (Å²) in [6, 6.07) is 12.9. The fourth-order valence-electron chi connectivity index (χ4n) is 2.32. The van der Waals surface area contributed by atoms with Crippen molar-refractivity contribution in [1.82, 2.24) is 9.55 Å². The summed E-state index contributed by atoms with van der Waals surface area (Å²) < 4.78 is 3.20. The molecule has 4 heteroatoms. The average molecular weight is 330 g/mol. The van der Waals surface area contributed by atoms with Crippen molar-refractivity contribution in [3.05, 3.63) is 53.3 Å². The van der Waals surface area contributed by atoms with E-state index in [2.05, 4.69) is 81.0 Å². The first kappa shape index (κ1) is 13.2. The Bertz CT molecular complexity index is 746. The van der Waals surface area contributed by atoms with E-state index in [1.165, 1.54) is 10.8 Å². The monoisotopic (exact) mass is 329 g/mol. The predicted molar refractivity (Wildman–Crippen MR) is 87.5 cm³/mol. The maximum atomic E-state index is 4.40. The molecule has 0 atom stereocenters. The molecular weight excluding hydrogens is 314 g/mol. The Hall–Kier alpha value is -1.81. The average Bonchev–Trinajstić information content (AvgIpc) is 2.87. The van der Waals surface area contributed by atoms with E-state index in [-0.39, 0.29) is 0 Å². The number of fused-ring (bicyclic) bond motifs is 1. The van der Waals surface area contributed by atoms with Crippen molar-refractivity contribution in [3.63, 3.8) is 0 Å². The van der Waals surface area contributed by atoms with Crippen molar-refractivity contribution in [2.45, 2.75) is 19.9 Å². The molecule has 3 aromatic rings. The van der Waals surface area contributed by atoms with E-state index in [0.717, 1.165) is 16.1 Å². The van der Waals surface area contributed by atoms with E-state index >= 15 is 0 Å². The Morgan fingerprint density at radius 3 is 2.60 bits per heavy atom. The van der Waals surface area contributed by atoms with E-state index in [0.29, 0.717) is 6.04 Å². The molecule has 0 radical (unpaired) electrons.